The Balaban J connectivity index is 1.69. The first-order valence-electron chi connectivity index (χ1n) is 9.49. The molecule has 1 saturated heterocycles. The van der Waals surface area contributed by atoms with E-state index in [1.54, 1.807) is 24.0 Å². The number of rotatable bonds is 6. The van der Waals surface area contributed by atoms with Crippen molar-refractivity contribution in [3.05, 3.63) is 53.6 Å². The van der Waals surface area contributed by atoms with Gasteiger partial charge in [-0.25, -0.2) is 13.1 Å². The van der Waals surface area contributed by atoms with E-state index in [0.717, 1.165) is 16.8 Å². The Morgan fingerprint density at radius 2 is 1.83 bits per heavy atom. The Bertz CT molecular complexity index is 1030. The highest BCUT2D eigenvalue weighted by molar-refractivity contribution is 7.89. The molecule has 0 aromatic heterocycles. The summed E-state index contributed by atoms with van der Waals surface area (Å²) in [5.41, 5.74) is 3.37. The third-order valence-corrected chi connectivity index (χ3v) is 6.48. The SMILES string of the molecule is CCNS(=O)(=O)c1ccc(NC(=O)C2CC(=O)N(c3cc(C)ccc3C)C2)cc1. The molecular formula is C21H25N3O4S. The predicted molar refractivity (Wildman–Crippen MR) is 112 cm³/mol. The normalized spacial score (nSPS) is 16.9. The van der Waals surface area contributed by atoms with Crippen LogP contribution in [-0.2, 0) is 19.6 Å². The first kappa shape index (κ1) is 21.0. The zero-order valence-electron chi connectivity index (χ0n) is 16.7. The van der Waals surface area contributed by atoms with Gasteiger partial charge in [0.05, 0.1) is 10.8 Å². The second kappa shape index (κ2) is 8.34. The molecule has 29 heavy (non-hydrogen) atoms. The van der Waals surface area contributed by atoms with Crippen molar-refractivity contribution in [3.63, 3.8) is 0 Å². The molecule has 2 aromatic rings. The summed E-state index contributed by atoms with van der Waals surface area (Å²) in [4.78, 5) is 26.9. The van der Waals surface area contributed by atoms with Crippen molar-refractivity contribution in [2.45, 2.75) is 32.1 Å². The summed E-state index contributed by atoms with van der Waals surface area (Å²) >= 11 is 0. The molecule has 0 radical (unpaired) electrons. The van der Waals surface area contributed by atoms with Crippen molar-refractivity contribution in [3.8, 4) is 0 Å². The molecule has 1 aliphatic heterocycles. The van der Waals surface area contributed by atoms with Gasteiger partial charge in [-0.2, -0.15) is 0 Å². The molecule has 8 heteroatoms. The smallest absolute Gasteiger partial charge is 0.240 e. The summed E-state index contributed by atoms with van der Waals surface area (Å²) in [6.07, 6.45) is 0.145. The topological polar surface area (TPSA) is 95.6 Å². The second-order valence-corrected chi connectivity index (χ2v) is 8.98. The van der Waals surface area contributed by atoms with Crippen LogP contribution in [0.15, 0.2) is 47.4 Å². The Morgan fingerprint density at radius 3 is 2.48 bits per heavy atom. The first-order chi connectivity index (χ1) is 13.7. The molecule has 1 heterocycles. The molecule has 0 aliphatic carbocycles. The number of benzene rings is 2. The van der Waals surface area contributed by atoms with Gasteiger partial charge in [0.2, 0.25) is 21.8 Å². The van der Waals surface area contributed by atoms with E-state index in [1.165, 1.54) is 12.1 Å². The summed E-state index contributed by atoms with van der Waals surface area (Å²) in [6.45, 7) is 6.23. The van der Waals surface area contributed by atoms with Crippen LogP contribution in [0.1, 0.15) is 24.5 Å². The number of sulfonamides is 1. The average molecular weight is 416 g/mol. The van der Waals surface area contributed by atoms with E-state index in [2.05, 4.69) is 10.0 Å². The maximum atomic E-state index is 12.7. The highest BCUT2D eigenvalue weighted by Gasteiger charge is 2.35. The number of nitrogens with one attached hydrogen (secondary N) is 2. The Kier molecular flexibility index (Phi) is 6.04. The number of hydrogen-bond acceptors (Lipinski definition) is 4. The van der Waals surface area contributed by atoms with Crippen molar-refractivity contribution in [1.29, 1.82) is 0 Å². The molecule has 154 valence electrons. The number of nitrogens with zero attached hydrogens (tertiary/aromatic N) is 1. The van der Waals surface area contributed by atoms with Crippen LogP contribution in [0.25, 0.3) is 0 Å². The number of carbonyl (C=O) groups is 2. The van der Waals surface area contributed by atoms with Gasteiger partial charge < -0.3 is 10.2 Å². The van der Waals surface area contributed by atoms with E-state index in [4.69, 9.17) is 0 Å². The van der Waals surface area contributed by atoms with Crippen LogP contribution in [0.5, 0.6) is 0 Å². The second-order valence-electron chi connectivity index (χ2n) is 7.21. The predicted octanol–water partition coefficient (Wildman–Crippen LogP) is 2.59. The Labute approximate surface area is 171 Å². The zero-order valence-corrected chi connectivity index (χ0v) is 17.5. The summed E-state index contributed by atoms with van der Waals surface area (Å²) in [5, 5.41) is 2.78. The van der Waals surface area contributed by atoms with Gasteiger partial charge in [-0.15, -0.1) is 0 Å². The van der Waals surface area contributed by atoms with E-state index in [9.17, 15) is 18.0 Å². The van der Waals surface area contributed by atoms with Gasteiger partial charge in [0.25, 0.3) is 0 Å². The monoisotopic (exact) mass is 415 g/mol. The largest absolute Gasteiger partial charge is 0.326 e. The fourth-order valence-electron chi connectivity index (χ4n) is 3.36. The van der Waals surface area contributed by atoms with Crippen LogP contribution in [0.2, 0.25) is 0 Å². The molecule has 1 fully saturated rings. The van der Waals surface area contributed by atoms with Crippen LogP contribution in [-0.4, -0.2) is 33.3 Å². The molecular weight excluding hydrogens is 390 g/mol. The number of aryl methyl sites for hydroxylation is 2. The van der Waals surface area contributed by atoms with Gasteiger partial charge in [0, 0.05) is 30.9 Å². The van der Waals surface area contributed by atoms with Crippen molar-refractivity contribution < 1.29 is 18.0 Å². The van der Waals surface area contributed by atoms with Crippen molar-refractivity contribution in [2.24, 2.45) is 5.92 Å². The van der Waals surface area contributed by atoms with Crippen LogP contribution in [0.3, 0.4) is 0 Å². The molecule has 1 aliphatic rings. The average Bonchev–Trinajstić information content (AvgIpc) is 3.06. The lowest BCUT2D eigenvalue weighted by Gasteiger charge is -2.19. The van der Waals surface area contributed by atoms with Crippen LogP contribution in [0, 0.1) is 19.8 Å². The third-order valence-electron chi connectivity index (χ3n) is 4.92. The molecule has 1 atom stereocenters. The van der Waals surface area contributed by atoms with E-state index in [-0.39, 0.29) is 23.1 Å². The lowest BCUT2D eigenvalue weighted by Crippen LogP contribution is -2.28. The highest BCUT2D eigenvalue weighted by Crippen LogP contribution is 2.29. The fourth-order valence-corrected chi connectivity index (χ4v) is 4.40. The van der Waals surface area contributed by atoms with Crippen molar-refractivity contribution in [1.82, 2.24) is 4.72 Å². The van der Waals surface area contributed by atoms with Crippen LogP contribution in [0.4, 0.5) is 11.4 Å². The number of anilines is 2. The maximum absolute atomic E-state index is 12.7. The first-order valence-corrected chi connectivity index (χ1v) is 11.0. The molecule has 7 nitrogen and oxygen atoms in total. The van der Waals surface area contributed by atoms with E-state index in [1.807, 2.05) is 32.0 Å². The molecule has 0 bridgehead atoms. The van der Waals surface area contributed by atoms with Gasteiger partial charge >= 0.3 is 0 Å². The molecule has 2 amide bonds. The highest BCUT2D eigenvalue weighted by atomic mass is 32.2. The fraction of sp³-hybridized carbons (Fsp3) is 0.333. The lowest BCUT2D eigenvalue weighted by molar-refractivity contribution is -0.122. The quantitative estimate of drug-likeness (QED) is 0.758. The standard InChI is InChI=1S/C21H25N3O4S/c1-4-22-29(27,28)18-9-7-17(8-10-18)23-21(26)16-12-20(25)24(13-16)19-11-14(2)5-6-15(19)3/h5-11,16,22H,4,12-13H2,1-3H3,(H,23,26). The van der Waals surface area contributed by atoms with Crippen molar-refractivity contribution >= 4 is 33.2 Å². The molecule has 3 rings (SSSR count). The Hall–Kier alpha value is -2.71. The van der Waals surface area contributed by atoms with Gasteiger partial charge in [-0.05, 0) is 55.3 Å². The van der Waals surface area contributed by atoms with E-state index >= 15 is 0 Å². The summed E-state index contributed by atoms with van der Waals surface area (Å²) in [6, 6.07) is 11.9. The third kappa shape index (κ3) is 4.65. The lowest BCUT2D eigenvalue weighted by atomic mass is 10.1. The number of amides is 2. The summed E-state index contributed by atoms with van der Waals surface area (Å²) in [5.74, 6) is -0.799. The maximum Gasteiger partial charge on any atom is 0.240 e. The minimum absolute atomic E-state index is 0.0778. The van der Waals surface area contributed by atoms with Gasteiger partial charge in [0.15, 0.2) is 0 Å². The van der Waals surface area contributed by atoms with Gasteiger partial charge in [-0.3, -0.25) is 9.59 Å². The van der Waals surface area contributed by atoms with Crippen molar-refractivity contribution in [2.75, 3.05) is 23.3 Å². The number of hydrogen-bond donors (Lipinski definition) is 2. The minimum Gasteiger partial charge on any atom is -0.326 e. The summed E-state index contributed by atoms with van der Waals surface area (Å²) in [7, 11) is -3.54. The molecule has 0 saturated carbocycles. The number of carbonyl (C=O) groups excluding carboxylic acids is 2. The van der Waals surface area contributed by atoms with Crippen LogP contribution < -0.4 is 14.9 Å². The molecule has 2 N–H and O–H groups in total. The Morgan fingerprint density at radius 1 is 1.14 bits per heavy atom. The minimum atomic E-state index is -3.54. The van der Waals surface area contributed by atoms with Gasteiger partial charge in [0.1, 0.15) is 0 Å². The van der Waals surface area contributed by atoms with Crippen LogP contribution >= 0.6 is 0 Å². The van der Waals surface area contributed by atoms with E-state index in [0.29, 0.717) is 18.8 Å². The molecule has 2 aromatic carbocycles. The van der Waals surface area contributed by atoms with Gasteiger partial charge in [-0.1, -0.05) is 19.1 Å². The van der Waals surface area contributed by atoms with E-state index < -0.39 is 15.9 Å². The molecule has 1 unspecified atom stereocenters. The summed E-state index contributed by atoms with van der Waals surface area (Å²) < 4.78 is 26.4. The zero-order chi connectivity index (χ0) is 21.2. The molecule has 0 spiro atoms.